The van der Waals surface area contributed by atoms with Crippen LogP contribution in [-0.2, 0) is 0 Å². The highest BCUT2D eigenvalue weighted by Crippen LogP contribution is 2.44. The van der Waals surface area contributed by atoms with Crippen LogP contribution < -0.4 is 85.3 Å². The van der Waals surface area contributed by atoms with Gasteiger partial charge in [-0.25, -0.2) is 0 Å². The zero-order valence-electron chi connectivity index (χ0n) is 53.3. The standard InChI is InChI=1S/C72H66O18/c1-73-55-31-43(32-56(74-2)67(55)85-13)19-25-49-50(26-20-44-33-57(75-3)68(86-14)58(34-44)76-4)52(28-22-46-37-61(79-7)70(88-16)62(38-46)80-8)54(30-24-48-41-65(83-11)72(90-18)66(42-48)84-12)53(29-23-47-39-63(81-9)71(89-17)64(40-47)82-10)51(49)27-21-45-35-59(77-5)69(87-15)60(36-45)78-6/h31-42H,1-18H3. The normalized spacial score (nSPS) is 9.80. The Balaban J connectivity index is 1.86. The van der Waals surface area contributed by atoms with Crippen molar-refractivity contribution in [3.05, 3.63) is 140 Å². The quantitative estimate of drug-likeness (QED) is 0.0744. The van der Waals surface area contributed by atoms with Crippen molar-refractivity contribution in [3.8, 4) is 175 Å². The van der Waals surface area contributed by atoms with Crippen LogP contribution in [0.15, 0.2) is 72.8 Å². The van der Waals surface area contributed by atoms with E-state index in [0.717, 1.165) is 0 Å². The van der Waals surface area contributed by atoms with Crippen LogP contribution in [-0.4, -0.2) is 128 Å². The summed E-state index contributed by atoms with van der Waals surface area (Å²) in [5, 5.41) is 0. The second kappa shape index (κ2) is 31.1. The first kappa shape index (κ1) is 65.8. The van der Waals surface area contributed by atoms with Gasteiger partial charge in [0, 0.05) is 33.4 Å². The van der Waals surface area contributed by atoms with Crippen molar-refractivity contribution in [2.75, 3.05) is 128 Å². The molecule has 7 rings (SSSR count). The second-order valence-corrected chi connectivity index (χ2v) is 18.2. The molecule has 0 amide bonds. The maximum absolute atomic E-state index is 5.80. The average Bonchev–Trinajstić information content (AvgIpc) is 0.826. The van der Waals surface area contributed by atoms with Crippen LogP contribution in [0, 0.1) is 71.0 Å². The highest BCUT2D eigenvalue weighted by Gasteiger charge is 2.24. The smallest absolute Gasteiger partial charge is 0.203 e. The Morgan fingerprint density at radius 3 is 0.322 bits per heavy atom. The van der Waals surface area contributed by atoms with Crippen LogP contribution in [0.25, 0.3) is 0 Å². The van der Waals surface area contributed by atoms with Crippen LogP contribution in [0.1, 0.15) is 66.8 Å². The second-order valence-electron chi connectivity index (χ2n) is 18.2. The summed E-state index contributed by atoms with van der Waals surface area (Å²) in [5.41, 5.74) is 4.10. The summed E-state index contributed by atoms with van der Waals surface area (Å²) in [6.07, 6.45) is 0. The summed E-state index contributed by atoms with van der Waals surface area (Å²) < 4.78 is 104. The Morgan fingerprint density at radius 1 is 0.144 bits per heavy atom. The molecule has 7 aromatic rings. The molecule has 0 heterocycles. The lowest BCUT2D eigenvalue weighted by Gasteiger charge is -2.15. The molecule has 18 nitrogen and oxygen atoms in total. The van der Waals surface area contributed by atoms with Crippen molar-refractivity contribution < 1.29 is 85.3 Å². The van der Waals surface area contributed by atoms with E-state index in [0.29, 0.717) is 137 Å². The SMILES string of the molecule is COc1cc(C#Cc2c(C#Cc3cc(OC)c(OC)c(OC)c3)c(C#Cc3cc(OC)c(OC)c(OC)c3)c(C#Cc3cc(OC)c(OC)c(OC)c3)c(C#Cc3cc(OC)c(OC)c(OC)c3)c2C#Cc2cc(OC)c(OC)c(OC)c2)cc(OC)c1OC. The molecule has 0 aliphatic rings. The third-order valence-electron chi connectivity index (χ3n) is 13.5. The van der Waals surface area contributed by atoms with Crippen molar-refractivity contribution in [2.24, 2.45) is 0 Å². The van der Waals surface area contributed by atoms with E-state index >= 15 is 0 Å². The van der Waals surface area contributed by atoms with Crippen molar-refractivity contribution in [1.82, 2.24) is 0 Å². The van der Waals surface area contributed by atoms with Gasteiger partial charge in [-0.3, -0.25) is 0 Å². The molecule has 462 valence electrons. The molecule has 0 fully saturated rings. The average molecular weight is 1220 g/mol. The molecule has 7 aromatic carbocycles. The van der Waals surface area contributed by atoms with E-state index in [1.165, 1.54) is 128 Å². The highest BCUT2D eigenvalue weighted by molar-refractivity contribution is 5.80. The Labute approximate surface area is 525 Å². The topological polar surface area (TPSA) is 166 Å². The van der Waals surface area contributed by atoms with Crippen molar-refractivity contribution in [1.29, 1.82) is 0 Å². The Kier molecular flexibility index (Phi) is 22.7. The molecule has 0 atom stereocenters. The molecule has 0 aromatic heterocycles. The molecule has 0 spiro atoms. The van der Waals surface area contributed by atoms with E-state index in [9.17, 15) is 0 Å². The Hall–Kier alpha value is -11.7. The molecular formula is C72H66O18. The molecule has 90 heavy (non-hydrogen) atoms. The van der Waals surface area contributed by atoms with Gasteiger partial charge in [-0.05, 0) is 72.8 Å². The van der Waals surface area contributed by atoms with Gasteiger partial charge in [0.25, 0.3) is 0 Å². The molecule has 0 saturated heterocycles. The van der Waals surface area contributed by atoms with Gasteiger partial charge < -0.3 is 85.3 Å². The summed E-state index contributed by atoms with van der Waals surface area (Å²) in [6, 6.07) is 20.6. The van der Waals surface area contributed by atoms with E-state index in [1.54, 1.807) is 72.8 Å². The third kappa shape index (κ3) is 14.2. The first-order valence-electron chi connectivity index (χ1n) is 27.0. The molecule has 0 unspecified atom stereocenters. The summed E-state index contributed by atoms with van der Waals surface area (Å²) in [4.78, 5) is 0. The molecule has 0 N–H and O–H groups in total. The lowest BCUT2D eigenvalue weighted by molar-refractivity contribution is 0.324. The van der Waals surface area contributed by atoms with Crippen LogP contribution >= 0.6 is 0 Å². The van der Waals surface area contributed by atoms with Gasteiger partial charge >= 0.3 is 0 Å². The van der Waals surface area contributed by atoms with Crippen LogP contribution in [0.3, 0.4) is 0 Å². The zero-order chi connectivity index (χ0) is 65.0. The highest BCUT2D eigenvalue weighted by atomic mass is 16.6. The number of ether oxygens (including phenoxy) is 18. The number of benzene rings is 7. The molecule has 0 saturated carbocycles. The predicted octanol–water partition coefficient (Wildman–Crippen LogP) is 10.2. The molecule has 0 radical (unpaired) electrons. The fourth-order valence-electron chi connectivity index (χ4n) is 9.23. The number of hydrogen-bond acceptors (Lipinski definition) is 18. The van der Waals surface area contributed by atoms with Gasteiger partial charge in [0.2, 0.25) is 34.5 Å². The van der Waals surface area contributed by atoms with Gasteiger partial charge in [0.1, 0.15) is 0 Å². The van der Waals surface area contributed by atoms with Gasteiger partial charge in [-0.2, -0.15) is 0 Å². The lowest BCUT2D eigenvalue weighted by Crippen LogP contribution is -2.05. The predicted molar refractivity (Wildman–Crippen MR) is 339 cm³/mol. The maximum atomic E-state index is 5.80. The molecular weight excluding hydrogens is 1150 g/mol. The van der Waals surface area contributed by atoms with E-state index in [1.807, 2.05) is 0 Å². The third-order valence-corrected chi connectivity index (χ3v) is 13.5. The summed E-state index contributed by atoms with van der Waals surface area (Å²) in [7, 11) is 27.2. The lowest BCUT2D eigenvalue weighted by atomic mass is 9.86. The first-order valence-corrected chi connectivity index (χ1v) is 27.0. The van der Waals surface area contributed by atoms with E-state index < -0.39 is 0 Å². The van der Waals surface area contributed by atoms with E-state index in [-0.39, 0.29) is 33.4 Å². The molecule has 0 bridgehead atoms. The molecule has 0 aliphatic carbocycles. The molecule has 0 aliphatic heterocycles. The van der Waals surface area contributed by atoms with Gasteiger partial charge in [-0.15, -0.1) is 0 Å². The van der Waals surface area contributed by atoms with Gasteiger partial charge in [0.05, 0.1) is 161 Å². The number of methoxy groups -OCH3 is 18. The largest absolute Gasteiger partial charge is 0.493 e. The number of hydrogen-bond donors (Lipinski definition) is 0. The van der Waals surface area contributed by atoms with Crippen molar-refractivity contribution in [3.63, 3.8) is 0 Å². The fraction of sp³-hybridized carbons (Fsp3) is 0.250. The molecule has 18 heteroatoms. The van der Waals surface area contributed by atoms with Crippen molar-refractivity contribution in [2.45, 2.75) is 0 Å². The number of rotatable bonds is 18. The van der Waals surface area contributed by atoms with Crippen LogP contribution in [0.2, 0.25) is 0 Å². The first-order chi connectivity index (χ1) is 43.8. The Morgan fingerprint density at radius 2 is 0.244 bits per heavy atom. The monoisotopic (exact) mass is 1220 g/mol. The minimum atomic E-state index is 0.241. The summed E-state index contributed by atoms with van der Waals surface area (Å²) in [5.74, 6) is 47.2. The van der Waals surface area contributed by atoms with Gasteiger partial charge in [-0.1, -0.05) is 71.0 Å². The van der Waals surface area contributed by atoms with Crippen molar-refractivity contribution >= 4 is 0 Å². The van der Waals surface area contributed by atoms with Gasteiger partial charge in [0.15, 0.2) is 69.0 Å². The minimum Gasteiger partial charge on any atom is -0.493 e. The summed E-state index contributed by atoms with van der Waals surface area (Å²) >= 11 is 0. The van der Waals surface area contributed by atoms with Crippen LogP contribution in [0.5, 0.6) is 103 Å². The minimum absolute atomic E-state index is 0.241. The maximum Gasteiger partial charge on any atom is 0.203 e. The zero-order valence-corrected chi connectivity index (χ0v) is 53.3. The van der Waals surface area contributed by atoms with E-state index in [2.05, 4.69) is 71.0 Å². The van der Waals surface area contributed by atoms with E-state index in [4.69, 9.17) is 85.3 Å². The summed E-state index contributed by atoms with van der Waals surface area (Å²) in [6.45, 7) is 0. The fourth-order valence-corrected chi connectivity index (χ4v) is 9.23. The van der Waals surface area contributed by atoms with Crippen LogP contribution in [0.4, 0.5) is 0 Å². The Bertz CT molecular complexity index is 3370.